The maximum Gasteiger partial charge on any atom is 0.416 e. The van der Waals surface area contributed by atoms with Gasteiger partial charge in [0.25, 0.3) is 0 Å². The molecule has 0 aliphatic heterocycles. The quantitative estimate of drug-likeness (QED) is 0.358. The van der Waals surface area contributed by atoms with Crippen LogP contribution >= 0.6 is 35.7 Å². The zero-order valence-corrected chi connectivity index (χ0v) is 18.2. The zero-order valence-electron chi connectivity index (χ0n) is 15.0. The number of methoxy groups -OCH3 is 1. The highest BCUT2D eigenvalue weighted by Gasteiger charge is 2.34. The molecule has 0 bridgehead atoms. The third-order valence-electron chi connectivity index (χ3n) is 4.35. The zero-order chi connectivity index (χ0) is 18.4. The molecule has 1 aromatic carbocycles. The summed E-state index contributed by atoms with van der Waals surface area (Å²) in [5, 5.41) is 6.92. The van der Waals surface area contributed by atoms with Gasteiger partial charge in [0.15, 0.2) is 5.96 Å². The topological polar surface area (TPSA) is 45.7 Å². The number of ether oxygens (including phenoxy) is 1. The molecule has 2 unspecified atom stereocenters. The summed E-state index contributed by atoms with van der Waals surface area (Å²) < 4.78 is 44.6. The summed E-state index contributed by atoms with van der Waals surface area (Å²) in [6.45, 7) is 0.0389. The lowest BCUT2D eigenvalue weighted by Crippen LogP contribution is -2.42. The number of hydrogen-bond donors (Lipinski definition) is 2. The van der Waals surface area contributed by atoms with E-state index in [0.717, 1.165) is 25.3 Å². The van der Waals surface area contributed by atoms with E-state index in [4.69, 9.17) is 4.74 Å². The van der Waals surface area contributed by atoms with Gasteiger partial charge in [-0.25, -0.2) is 0 Å². The van der Waals surface area contributed by atoms with E-state index in [1.165, 1.54) is 19.2 Å². The third kappa shape index (κ3) is 6.40. The van der Waals surface area contributed by atoms with E-state index in [0.29, 0.717) is 17.3 Å². The summed E-state index contributed by atoms with van der Waals surface area (Å²) in [6.07, 6.45) is 0.898. The van der Waals surface area contributed by atoms with Gasteiger partial charge in [0.2, 0.25) is 0 Å². The summed E-state index contributed by atoms with van der Waals surface area (Å²) in [7, 11) is 2.97. The molecular formula is C17H25F3IN3OS. The lowest BCUT2D eigenvalue weighted by atomic mass is 10.1. The Kier molecular flexibility index (Phi) is 9.35. The fourth-order valence-corrected chi connectivity index (χ4v) is 3.75. The standard InChI is InChI=1S/C17H24F3N3OS.HI/c1-21-16(23-12-5-7-14(8-12)25-3)22-10-11-4-6-13(24-2)9-15(11)17(18,19)20;/h4,6,9,12,14H,5,7-8,10H2,1-3H3,(H2,21,22,23);1H. The van der Waals surface area contributed by atoms with Crippen LogP contribution in [0.1, 0.15) is 30.4 Å². The van der Waals surface area contributed by atoms with Gasteiger partial charge >= 0.3 is 6.18 Å². The van der Waals surface area contributed by atoms with Gasteiger partial charge in [-0.2, -0.15) is 24.9 Å². The Bertz CT molecular complexity index is 613. The Morgan fingerprint density at radius 1 is 1.35 bits per heavy atom. The molecule has 0 saturated heterocycles. The normalized spacial score (nSPS) is 20.5. The van der Waals surface area contributed by atoms with Crippen molar-refractivity contribution in [3.05, 3.63) is 29.3 Å². The Labute approximate surface area is 173 Å². The number of hydrogen-bond acceptors (Lipinski definition) is 3. The first-order valence-corrected chi connectivity index (χ1v) is 9.40. The van der Waals surface area contributed by atoms with E-state index in [9.17, 15) is 13.2 Å². The fraction of sp³-hybridized carbons (Fsp3) is 0.588. The second-order valence-electron chi connectivity index (χ2n) is 5.96. The number of thioether (sulfide) groups is 1. The summed E-state index contributed by atoms with van der Waals surface area (Å²) in [5.41, 5.74) is -0.539. The number of guanidine groups is 1. The minimum atomic E-state index is -4.43. The highest BCUT2D eigenvalue weighted by molar-refractivity contribution is 14.0. The van der Waals surface area contributed by atoms with E-state index in [-0.39, 0.29) is 41.8 Å². The van der Waals surface area contributed by atoms with Gasteiger partial charge in [-0.1, -0.05) is 6.07 Å². The van der Waals surface area contributed by atoms with Crippen molar-refractivity contribution < 1.29 is 17.9 Å². The van der Waals surface area contributed by atoms with Crippen LogP contribution in [0.25, 0.3) is 0 Å². The van der Waals surface area contributed by atoms with Crippen LogP contribution in [0, 0.1) is 0 Å². The molecule has 0 heterocycles. The Morgan fingerprint density at radius 3 is 2.62 bits per heavy atom. The molecule has 148 valence electrons. The minimum absolute atomic E-state index is 0. The van der Waals surface area contributed by atoms with E-state index in [1.54, 1.807) is 7.05 Å². The van der Waals surface area contributed by atoms with Gasteiger partial charge in [0.05, 0.1) is 12.7 Å². The van der Waals surface area contributed by atoms with Crippen molar-refractivity contribution in [1.82, 2.24) is 10.6 Å². The molecule has 4 nitrogen and oxygen atoms in total. The molecule has 0 radical (unpaired) electrons. The number of halogens is 4. The van der Waals surface area contributed by atoms with E-state index in [1.807, 2.05) is 11.8 Å². The Hall–Kier alpha value is -0.840. The first kappa shape index (κ1) is 23.2. The molecule has 1 fully saturated rings. The lowest BCUT2D eigenvalue weighted by Gasteiger charge is -2.19. The van der Waals surface area contributed by atoms with Crippen LogP contribution in [-0.2, 0) is 12.7 Å². The maximum absolute atomic E-state index is 13.2. The van der Waals surface area contributed by atoms with Crippen LogP contribution in [0.3, 0.4) is 0 Å². The molecule has 1 aromatic rings. The number of nitrogens with zero attached hydrogens (tertiary/aromatic N) is 1. The first-order chi connectivity index (χ1) is 11.9. The predicted octanol–water partition coefficient (Wildman–Crippen LogP) is 4.28. The molecule has 1 saturated carbocycles. The molecule has 2 rings (SSSR count). The van der Waals surface area contributed by atoms with Crippen LogP contribution in [0.15, 0.2) is 23.2 Å². The number of nitrogens with one attached hydrogen (secondary N) is 2. The summed E-state index contributed by atoms with van der Waals surface area (Å²) >= 11 is 1.85. The second kappa shape index (κ2) is 10.5. The molecule has 2 N–H and O–H groups in total. The summed E-state index contributed by atoms with van der Waals surface area (Å²) in [4.78, 5) is 4.12. The molecule has 1 aliphatic rings. The van der Waals surface area contributed by atoms with Gasteiger partial charge in [0.1, 0.15) is 5.75 Å². The minimum Gasteiger partial charge on any atom is -0.497 e. The van der Waals surface area contributed by atoms with Gasteiger partial charge in [-0.15, -0.1) is 24.0 Å². The van der Waals surface area contributed by atoms with E-state index >= 15 is 0 Å². The van der Waals surface area contributed by atoms with Gasteiger partial charge in [0, 0.05) is 24.9 Å². The van der Waals surface area contributed by atoms with Gasteiger partial charge < -0.3 is 15.4 Å². The number of alkyl halides is 3. The van der Waals surface area contributed by atoms with Crippen LogP contribution in [0.5, 0.6) is 5.75 Å². The molecule has 0 aromatic heterocycles. The summed E-state index contributed by atoms with van der Waals surface area (Å²) in [6, 6.07) is 4.29. The van der Waals surface area contributed by atoms with E-state index < -0.39 is 11.7 Å². The smallest absolute Gasteiger partial charge is 0.416 e. The van der Waals surface area contributed by atoms with Crippen molar-refractivity contribution in [1.29, 1.82) is 0 Å². The van der Waals surface area contributed by atoms with Gasteiger partial charge in [-0.05, 0) is 43.2 Å². The Morgan fingerprint density at radius 2 is 2.08 bits per heavy atom. The van der Waals surface area contributed by atoms with Crippen LogP contribution in [-0.4, -0.2) is 37.7 Å². The fourth-order valence-electron chi connectivity index (χ4n) is 2.95. The highest BCUT2D eigenvalue weighted by atomic mass is 127. The molecular weight excluding hydrogens is 478 g/mol. The SMILES string of the molecule is CN=C(NCc1ccc(OC)cc1C(F)(F)F)NC1CCC(SC)C1.I. The lowest BCUT2D eigenvalue weighted by molar-refractivity contribution is -0.138. The maximum atomic E-state index is 13.2. The van der Waals surface area contributed by atoms with Crippen LogP contribution in [0.4, 0.5) is 13.2 Å². The largest absolute Gasteiger partial charge is 0.497 e. The van der Waals surface area contributed by atoms with Crippen molar-refractivity contribution in [3.8, 4) is 5.75 Å². The molecule has 0 amide bonds. The highest BCUT2D eigenvalue weighted by Crippen LogP contribution is 2.34. The number of rotatable bonds is 5. The Balaban J connectivity index is 0.00000338. The van der Waals surface area contributed by atoms with Crippen molar-refractivity contribution in [2.75, 3.05) is 20.4 Å². The number of aliphatic imine (C=N–C) groups is 1. The van der Waals surface area contributed by atoms with Gasteiger partial charge in [-0.3, -0.25) is 4.99 Å². The van der Waals surface area contributed by atoms with Crippen molar-refractivity contribution in [2.45, 2.75) is 43.3 Å². The van der Waals surface area contributed by atoms with E-state index in [2.05, 4.69) is 21.9 Å². The monoisotopic (exact) mass is 503 g/mol. The second-order valence-corrected chi connectivity index (χ2v) is 7.10. The molecule has 9 heteroatoms. The molecule has 26 heavy (non-hydrogen) atoms. The predicted molar refractivity (Wildman–Crippen MR) is 112 cm³/mol. The first-order valence-electron chi connectivity index (χ1n) is 8.11. The molecule has 0 spiro atoms. The average molecular weight is 503 g/mol. The van der Waals surface area contributed by atoms with Crippen molar-refractivity contribution >= 4 is 41.7 Å². The third-order valence-corrected chi connectivity index (χ3v) is 5.45. The van der Waals surface area contributed by atoms with Crippen LogP contribution < -0.4 is 15.4 Å². The van der Waals surface area contributed by atoms with Crippen molar-refractivity contribution in [2.24, 2.45) is 4.99 Å². The number of benzene rings is 1. The average Bonchev–Trinajstić information content (AvgIpc) is 3.05. The van der Waals surface area contributed by atoms with Crippen LogP contribution in [0.2, 0.25) is 0 Å². The molecule has 2 atom stereocenters. The van der Waals surface area contributed by atoms with Crippen molar-refractivity contribution in [3.63, 3.8) is 0 Å². The summed E-state index contributed by atoms with van der Waals surface area (Å²) in [5.74, 6) is 0.711. The molecule has 1 aliphatic carbocycles.